The highest BCUT2D eigenvalue weighted by atomic mass is 35.5. The van der Waals surface area contributed by atoms with E-state index in [-0.39, 0.29) is 30.4 Å². The van der Waals surface area contributed by atoms with Crippen molar-refractivity contribution in [2.45, 2.75) is 57.0 Å². The lowest BCUT2D eigenvalue weighted by Crippen LogP contribution is -2.64. The molecule has 10 nitrogen and oxygen atoms in total. The van der Waals surface area contributed by atoms with Crippen LogP contribution in [0.5, 0.6) is 0 Å². The number of amides is 4. The van der Waals surface area contributed by atoms with E-state index in [1.165, 1.54) is 7.11 Å². The number of oxime groups is 1. The maximum atomic E-state index is 13.4. The van der Waals surface area contributed by atoms with Gasteiger partial charge in [0.2, 0.25) is 5.91 Å². The zero-order valence-electron chi connectivity index (χ0n) is 27.1. The first-order chi connectivity index (χ1) is 22.2. The van der Waals surface area contributed by atoms with E-state index in [0.717, 1.165) is 44.5 Å². The number of hydrogen-bond acceptors (Lipinski definition) is 6. The molecule has 0 aliphatic carbocycles. The smallest absolute Gasteiger partial charge is 0.321 e. The van der Waals surface area contributed by atoms with Gasteiger partial charge in [0, 0.05) is 50.7 Å². The number of carbonyl (C=O) groups is 3. The van der Waals surface area contributed by atoms with Crippen LogP contribution in [-0.2, 0) is 9.63 Å². The fourth-order valence-corrected chi connectivity index (χ4v) is 6.85. The molecule has 0 aromatic heterocycles. The summed E-state index contributed by atoms with van der Waals surface area (Å²) in [4.78, 5) is 51.5. The van der Waals surface area contributed by atoms with Gasteiger partial charge < -0.3 is 30.2 Å². The van der Waals surface area contributed by atoms with E-state index >= 15 is 0 Å². The lowest BCUT2D eigenvalue weighted by molar-refractivity contribution is -0.127. The van der Waals surface area contributed by atoms with Crippen molar-refractivity contribution >= 4 is 70.0 Å². The Morgan fingerprint density at radius 3 is 2.23 bits per heavy atom. The zero-order chi connectivity index (χ0) is 34.5. The molecule has 0 spiro atoms. The van der Waals surface area contributed by atoms with Gasteiger partial charge in [-0.05, 0) is 82.0 Å². The molecule has 0 radical (unpaired) electrons. The Bertz CT molecular complexity index is 1500. The van der Waals surface area contributed by atoms with Crippen molar-refractivity contribution < 1.29 is 19.2 Å². The number of benzene rings is 2. The summed E-state index contributed by atoms with van der Waals surface area (Å²) in [6.07, 6.45) is 3.09. The molecule has 0 bridgehead atoms. The highest BCUT2D eigenvalue weighted by Crippen LogP contribution is 2.31. The molecule has 2 heterocycles. The number of hydrogen-bond donors (Lipinski definition) is 1. The van der Waals surface area contributed by atoms with E-state index in [1.54, 1.807) is 55.0 Å². The predicted octanol–water partition coefficient (Wildman–Crippen LogP) is 6.40. The monoisotopic (exact) mass is 726 g/mol. The van der Waals surface area contributed by atoms with Crippen LogP contribution in [0.2, 0.25) is 20.1 Å². The lowest BCUT2D eigenvalue weighted by Gasteiger charge is -2.47. The van der Waals surface area contributed by atoms with Crippen LogP contribution >= 0.6 is 46.4 Å². The van der Waals surface area contributed by atoms with Crippen LogP contribution in [0, 0.1) is 0 Å². The third kappa shape index (κ3) is 8.83. The van der Waals surface area contributed by atoms with Gasteiger partial charge in [-0.15, -0.1) is 0 Å². The summed E-state index contributed by atoms with van der Waals surface area (Å²) in [5.74, 6) is -0.993. The van der Waals surface area contributed by atoms with Crippen molar-refractivity contribution in [2.75, 3.05) is 53.4 Å². The minimum absolute atomic E-state index is 0.0859. The standard InChI is InChI=1S/C33H42Cl4N6O4/c1-33(2,31(38)45)43-14-5-13-42(32(43)46)23-10-15-41(16-11-23)17-12-24(21-6-8-25(34)27(36)18-21)29(39-47-4)20-40(3)30(44)22-7-9-26(35)28(37)19-22/h6-9,18-19,23-24H,5,10-17,20H2,1-4H3,(H2,38,45)/b39-29-/t24-/m1/s1. The van der Waals surface area contributed by atoms with Crippen LogP contribution < -0.4 is 5.73 Å². The van der Waals surface area contributed by atoms with Gasteiger partial charge in [0.25, 0.3) is 5.91 Å². The molecule has 0 unspecified atom stereocenters. The number of carbonyl (C=O) groups excluding carboxylic acids is 3. The number of primary amides is 1. The number of urea groups is 1. The largest absolute Gasteiger partial charge is 0.399 e. The molecule has 14 heteroatoms. The second-order valence-electron chi connectivity index (χ2n) is 12.5. The first-order valence-electron chi connectivity index (χ1n) is 15.6. The number of nitrogens with two attached hydrogens (primary N) is 1. The van der Waals surface area contributed by atoms with Crippen LogP contribution in [-0.4, -0.2) is 108 Å². The molecular formula is C33H42Cl4N6O4. The second kappa shape index (κ2) is 16.1. The van der Waals surface area contributed by atoms with Gasteiger partial charge >= 0.3 is 6.03 Å². The fraction of sp³-hybridized carbons (Fsp3) is 0.515. The highest BCUT2D eigenvalue weighted by Gasteiger charge is 2.42. The molecule has 4 amide bonds. The van der Waals surface area contributed by atoms with Crippen LogP contribution in [0.1, 0.15) is 61.4 Å². The minimum Gasteiger partial charge on any atom is -0.399 e. The van der Waals surface area contributed by atoms with Crippen molar-refractivity contribution in [2.24, 2.45) is 10.9 Å². The molecule has 2 N–H and O–H groups in total. The average molecular weight is 729 g/mol. The molecule has 1 atom stereocenters. The quantitative estimate of drug-likeness (QED) is 0.201. The van der Waals surface area contributed by atoms with Crippen molar-refractivity contribution in [1.29, 1.82) is 0 Å². The molecule has 0 saturated carbocycles. The molecule has 2 fully saturated rings. The number of nitrogens with zero attached hydrogens (tertiary/aromatic N) is 5. The number of likely N-dealkylation sites (tertiary alicyclic amines) is 1. The van der Waals surface area contributed by atoms with E-state index in [4.69, 9.17) is 57.0 Å². The summed E-state index contributed by atoms with van der Waals surface area (Å²) in [6, 6.07) is 10.2. The molecule has 256 valence electrons. The lowest BCUT2D eigenvalue weighted by atomic mass is 9.89. The average Bonchev–Trinajstić information content (AvgIpc) is 3.04. The Labute approximate surface area is 296 Å². The van der Waals surface area contributed by atoms with Crippen molar-refractivity contribution in [1.82, 2.24) is 19.6 Å². The Hall–Kier alpha value is -2.76. The van der Waals surface area contributed by atoms with Crippen molar-refractivity contribution in [3.8, 4) is 0 Å². The molecule has 2 aliphatic rings. The van der Waals surface area contributed by atoms with Crippen molar-refractivity contribution in [3.05, 3.63) is 67.6 Å². The Morgan fingerprint density at radius 1 is 1.00 bits per heavy atom. The summed E-state index contributed by atoms with van der Waals surface area (Å²) >= 11 is 24.9. The van der Waals surface area contributed by atoms with E-state index < -0.39 is 11.4 Å². The molecule has 2 saturated heterocycles. The predicted molar refractivity (Wildman–Crippen MR) is 188 cm³/mol. The summed E-state index contributed by atoms with van der Waals surface area (Å²) in [5, 5.41) is 5.92. The van der Waals surface area contributed by atoms with E-state index in [0.29, 0.717) is 50.9 Å². The topological polar surface area (TPSA) is 112 Å². The second-order valence-corrected chi connectivity index (χ2v) is 14.2. The maximum absolute atomic E-state index is 13.4. The molecule has 2 aliphatic heterocycles. The normalized spacial score (nSPS) is 17.5. The van der Waals surface area contributed by atoms with Crippen molar-refractivity contribution in [3.63, 3.8) is 0 Å². The summed E-state index contributed by atoms with van der Waals surface area (Å²) in [6.45, 7) is 7.11. The minimum atomic E-state index is -1.04. The molecule has 2 aromatic carbocycles. The third-order valence-corrected chi connectivity index (χ3v) is 10.6. The van der Waals surface area contributed by atoms with Gasteiger partial charge in [-0.2, -0.15) is 0 Å². The van der Waals surface area contributed by atoms with Gasteiger partial charge in [-0.25, -0.2) is 4.79 Å². The molecule has 2 aromatic rings. The van der Waals surface area contributed by atoms with Crippen LogP contribution in [0.4, 0.5) is 4.79 Å². The third-order valence-electron chi connectivity index (χ3n) is 9.14. The van der Waals surface area contributed by atoms with Gasteiger partial charge in [-0.1, -0.05) is 57.6 Å². The number of piperidine rings is 1. The SMILES string of the molecule is CO/N=C(/CN(C)C(=O)c1ccc(Cl)c(Cl)c1)[C@H](CCN1CCC(N2CCCN(C(C)(C)C(N)=O)C2=O)CC1)c1ccc(Cl)c(Cl)c1. The Morgan fingerprint density at radius 2 is 1.64 bits per heavy atom. The summed E-state index contributed by atoms with van der Waals surface area (Å²) in [7, 11) is 3.17. The number of halogens is 4. The van der Waals surface area contributed by atoms with E-state index in [9.17, 15) is 14.4 Å². The van der Waals surface area contributed by atoms with Gasteiger partial charge in [0.15, 0.2) is 0 Å². The van der Waals surface area contributed by atoms with Gasteiger partial charge in [0.1, 0.15) is 12.6 Å². The van der Waals surface area contributed by atoms with E-state index in [1.807, 2.05) is 17.0 Å². The Balaban J connectivity index is 1.46. The zero-order valence-corrected chi connectivity index (χ0v) is 30.2. The summed E-state index contributed by atoms with van der Waals surface area (Å²) < 4.78 is 0. The first-order valence-corrected chi connectivity index (χ1v) is 17.1. The number of rotatable bonds is 12. The molecular weight excluding hydrogens is 686 g/mol. The van der Waals surface area contributed by atoms with Crippen LogP contribution in [0.15, 0.2) is 41.6 Å². The van der Waals surface area contributed by atoms with Crippen LogP contribution in [0.3, 0.4) is 0 Å². The Kier molecular flexibility index (Phi) is 12.7. The summed E-state index contributed by atoms with van der Waals surface area (Å²) in [5.41, 5.74) is 6.53. The first kappa shape index (κ1) is 37.1. The molecule has 4 rings (SSSR count). The van der Waals surface area contributed by atoms with E-state index in [2.05, 4.69) is 10.1 Å². The van der Waals surface area contributed by atoms with Crippen LogP contribution in [0.25, 0.3) is 0 Å². The van der Waals surface area contributed by atoms with Gasteiger partial charge in [-0.3, -0.25) is 9.59 Å². The maximum Gasteiger partial charge on any atom is 0.321 e. The molecule has 47 heavy (non-hydrogen) atoms. The fourth-order valence-electron chi connectivity index (χ4n) is 6.24. The van der Waals surface area contributed by atoms with Gasteiger partial charge in [0.05, 0.1) is 32.3 Å². The highest BCUT2D eigenvalue weighted by molar-refractivity contribution is 6.42.